The Morgan fingerprint density at radius 2 is 1.71 bits per heavy atom. The Labute approximate surface area is 283 Å². The highest BCUT2D eigenvalue weighted by molar-refractivity contribution is 7.92. The van der Waals surface area contributed by atoms with Crippen LogP contribution in [0.5, 0.6) is 5.88 Å². The number of sulfonamides is 1. The van der Waals surface area contributed by atoms with Crippen molar-refractivity contribution in [3.8, 4) is 17.1 Å². The van der Waals surface area contributed by atoms with Crippen molar-refractivity contribution in [2.24, 2.45) is 5.41 Å². The number of hydrogen-bond acceptors (Lipinski definition) is 8. The maximum atomic E-state index is 14.5. The van der Waals surface area contributed by atoms with E-state index in [0.29, 0.717) is 37.8 Å². The first-order chi connectivity index (χ1) is 22.6. The van der Waals surface area contributed by atoms with E-state index in [2.05, 4.69) is 40.8 Å². The quantitative estimate of drug-likeness (QED) is 0.306. The molecular formula is C36H47N5O6S. The Kier molecular flexibility index (Phi) is 10.3. The molecular weight excluding hydrogens is 630 g/mol. The van der Waals surface area contributed by atoms with Crippen LogP contribution >= 0.6 is 0 Å². The molecule has 12 heteroatoms. The smallest absolute Gasteiger partial charge is 0.407 e. The molecule has 11 nitrogen and oxygen atoms in total. The molecule has 0 radical (unpaired) electrons. The van der Waals surface area contributed by atoms with Crippen LogP contribution in [-0.4, -0.2) is 66.1 Å². The topological polar surface area (TPSA) is 140 Å². The maximum absolute atomic E-state index is 14.5. The molecule has 3 aromatic rings. The molecule has 2 heterocycles. The summed E-state index contributed by atoms with van der Waals surface area (Å²) in [5.41, 5.74) is 3.43. The zero-order chi connectivity index (χ0) is 34.8. The summed E-state index contributed by atoms with van der Waals surface area (Å²) in [4.78, 5) is 37.8. The van der Waals surface area contributed by atoms with E-state index in [0.717, 1.165) is 16.7 Å². The number of amides is 2. The zero-order valence-corrected chi connectivity index (χ0v) is 29.7. The van der Waals surface area contributed by atoms with Crippen LogP contribution in [0.25, 0.3) is 11.3 Å². The number of anilines is 1. The molecule has 1 aliphatic carbocycles. The van der Waals surface area contributed by atoms with E-state index in [1.807, 2.05) is 50.8 Å². The molecule has 0 spiro atoms. The molecule has 1 aliphatic heterocycles. The Hall–Kier alpha value is -4.19. The molecule has 2 aromatic carbocycles. The van der Waals surface area contributed by atoms with Gasteiger partial charge in [-0.05, 0) is 94.5 Å². The first kappa shape index (κ1) is 35.1. The number of nitrogens with zero attached hydrogens (tertiary/aromatic N) is 3. The van der Waals surface area contributed by atoms with Gasteiger partial charge in [0.05, 0.1) is 22.7 Å². The number of carbonyl (C=O) groups is 2. The molecule has 258 valence electrons. The minimum absolute atomic E-state index is 0.0694. The van der Waals surface area contributed by atoms with Crippen molar-refractivity contribution < 1.29 is 27.5 Å². The van der Waals surface area contributed by atoms with Crippen molar-refractivity contribution in [1.82, 2.24) is 20.2 Å². The van der Waals surface area contributed by atoms with Gasteiger partial charge in [0, 0.05) is 29.3 Å². The Morgan fingerprint density at radius 3 is 2.35 bits per heavy atom. The number of carbonyl (C=O) groups excluding carboxylic acids is 2. The molecule has 2 amide bonds. The van der Waals surface area contributed by atoms with Gasteiger partial charge >= 0.3 is 6.09 Å². The summed E-state index contributed by atoms with van der Waals surface area (Å²) >= 11 is 0. The molecule has 0 unspecified atom stereocenters. The highest BCUT2D eigenvalue weighted by Crippen LogP contribution is 2.34. The van der Waals surface area contributed by atoms with Gasteiger partial charge in [0.1, 0.15) is 6.61 Å². The first-order valence-electron chi connectivity index (χ1n) is 16.6. The summed E-state index contributed by atoms with van der Waals surface area (Å²) in [7, 11) is -4.17. The summed E-state index contributed by atoms with van der Waals surface area (Å²) in [5.74, 6) is -0.185. The monoisotopic (exact) mass is 677 g/mol. The van der Waals surface area contributed by atoms with Gasteiger partial charge in [0.15, 0.2) is 0 Å². The number of alkyl carbamates (subject to hydrolysis) is 1. The van der Waals surface area contributed by atoms with E-state index in [1.165, 1.54) is 12.1 Å². The molecule has 1 atom stereocenters. The fraction of sp³-hybridized carbons (Fsp3) is 0.500. The molecule has 0 saturated heterocycles. The normalized spacial score (nSPS) is 21.2. The van der Waals surface area contributed by atoms with Gasteiger partial charge in [-0.2, -0.15) is 4.98 Å². The fourth-order valence-electron chi connectivity index (χ4n) is 6.68. The first-order valence-corrected chi connectivity index (χ1v) is 18.1. The number of aromatic nitrogens is 2. The van der Waals surface area contributed by atoms with Crippen molar-refractivity contribution in [1.29, 1.82) is 0 Å². The largest absolute Gasteiger partial charge is 0.475 e. The number of nitrogens with one attached hydrogen (secondary N) is 2. The molecule has 48 heavy (non-hydrogen) atoms. The van der Waals surface area contributed by atoms with Crippen molar-refractivity contribution >= 4 is 28.0 Å². The predicted octanol–water partition coefficient (Wildman–Crippen LogP) is 6.65. The lowest BCUT2D eigenvalue weighted by atomic mass is 9.84. The van der Waals surface area contributed by atoms with Crippen molar-refractivity contribution in [3.05, 3.63) is 65.2 Å². The number of rotatable bonds is 5. The van der Waals surface area contributed by atoms with Crippen LogP contribution in [0, 0.1) is 19.3 Å². The SMILES string of the molecule is Cc1cccc(C)c1-c1cc2nc(n1)NS(=O)(=O)c1cccc(c1)C(=O)N(C1CCC(NC(=O)OC(C)C)CC1)[C@H](CC(C)(C)C)CO2. The van der Waals surface area contributed by atoms with Crippen LogP contribution in [0.1, 0.15) is 88.2 Å². The van der Waals surface area contributed by atoms with Crippen LogP contribution in [0.2, 0.25) is 0 Å². The van der Waals surface area contributed by atoms with E-state index in [-0.39, 0.29) is 64.4 Å². The average Bonchev–Trinajstić information content (AvgIpc) is 2.99. The lowest BCUT2D eigenvalue weighted by Crippen LogP contribution is -2.53. The average molecular weight is 678 g/mol. The second-order valence-corrected chi connectivity index (χ2v) is 16.0. The van der Waals surface area contributed by atoms with Crippen LogP contribution in [0.15, 0.2) is 53.4 Å². The Morgan fingerprint density at radius 1 is 1.04 bits per heavy atom. The molecule has 5 rings (SSSR count). The van der Waals surface area contributed by atoms with E-state index in [4.69, 9.17) is 9.47 Å². The van der Waals surface area contributed by atoms with E-state index in [9.17, 15) is 18.0 Å². The van der Waals surface area contributed by atoms with Gasteiger partial charge in [-0.15, -0.1) is 0 Å². The number of aryl methyl sites for hydroxylation is 2. The minimum atomic E-state index is -4.17. The van der Waals surface area contributed by atoms with E-state index in [1.54, 1.807) is 18.2 Å². The standard InChI is InChI=1S/C36H47N5O6S/c1-22(2)47-35(43)37-26-14-16-27(17-15-26)41-28(20-36(5,6)7)21-46-31-19-30(32-23(3)10-8-11-24(32)4)38-34(39-31)40-48(44,45)29-13-9-12-25(18-29)33(41)42/h8-13,18-19,22,26-28H,14-17,20-21H2,1-7H3,(H,37,43)(H,38,39,40)/t26?,27?,28-/m1/s1. The number of fused-ring (bicyclic) bond motifs is 4. The van der Waals surface area contributed by atoms with Crippen molar-refractivity contribution in [2.75, 3.05) is 11.3 Å². The summed E-state index contributed by atoms with van der Waals surface area (Å²) < 4.78 is 41.6. The third-order valence-electron chi connectivity index (χ3n) is 8.71. The zero-order valence-electron chi connectivity index (χ0n) is 28.9. The fourth-order valence-corrected chi connectivity index (χ4v) is 7.67. The number of ether oxygens (including phenoxy) is 2. The molecule has 2 N–H and O–H groups in total. The lowest BCUT2D eigenvalue weighted by Gasteiger charge is -2.43. The van der Waals surface area contributed by atoms with Crippen molar-refractivity contribution in [2.45, 2.75) is 110 Å². The summed E-state index contributed by atoms with van der Waals surface area (Å²) in [6, 6.07) is 13.1. The maximum Gasteiger partial charge on any atom is 0.407 e. The molecule has 1 saturated carbocycles. The van der Waals surface area contributed by atoms with Gasteiger partial charge in [-0.25, -0.2) is 22.9 Å². The Balaban J connectivity index is 1.57. The lowest BCUT2D eigenvalue weighted by molar-refractivity contribution is 0.0302. The van der Waals surface area contributed by atoms with Gasteiger partial charge in [0.25, 0.3) is 15.9 Å². The van der Waals surface area contributed by atoms with Crippen LogP contribution < -0.4 is 14.8 Å². The molecule has 2 aliphatic rings. The summed E-state index contributed by atoms with van der Waals surface area (Å²) in [6.07, 6.45) is 2.58. The molecule has 4 bridgehead atoms. The van der Waals surface area contributed by atoms with E-state index >= 15 is 0 Å². The van der Waals surface area contributed by atoms with E-state index < -0.39 is 16.1 Å². The molecule has 1 fully saturated rings. The van der Waals surface area contributed by atoms with Crippen LogP contribution in [0.4, 0.5) is 10.7 Å². The van der Waals surface area contributed by atoms with Crippen molar-refractivity contribution in [3.63, 3.8) is 0 Å². The second kappa shape index (κ2) is 14.1. The van der Waals surface area contributed by atoms with Gasteiger partial charge in [0.2, 0.25) is 11.8 Å². The minimum Gasteiger partial charge on any atom is -0.475 e. The Bertz CT molecular complexity index is 1740. The van der Waals surface area contributed by atoms with Gasteiger partial charge in [-0.3, -0.25) is 4.79 Å². The van der Waals surface area contributed by atoms with Crippen LogP contribution in [-0.2, 0) is 14.8 Å². The summed E-state index contributed by atoms with van der Waals surface area (Å²) in [5, 5.41) is 2.96. The van der Waals surface area contributed by atoms with Crippen LogP contribution in [0.3, 0.4) is 0 Å². The third-order valence-corrected chi connectivity index (χ3v) is 10.0. The predicted molar refractivity (Wildman–Crippen MR) is 185 cm³/mol. The highest BCUT2D eigenvalue weighted by atomic mass is 32.2. The third kappa shape index (κ3) is 8.44. The second-order valence-electron chi connectivity index (χ2n) is 14.4. The number of benzene rings is 2. The van der Waals surface area contributed by atoms with Gasteiger partial charge in [-0.1, -0.05) is 45.0 Å². The molecule has 1 aromatic heterocycles. The highest BCUT2D eigenvalue weighted by Gasteiger charge is 2.37. The van der Waals surface area contributed by atoms with Gasteiger partial charge < -0.3 is 19.7 Å². The summed E-state index contributed by atoms with van der Waals surface area (Å²) in [6.45, 7) is 14.1. The number of hydrogen-bond donors (Lipinski definition) is 2.